The van der Waals surface area contributed by atoms with Gasteiger partial charge in [-0.3, -0.25) is 19.3 Å². The Bertz CT molecular complexity index is 501. The highest BCUT2D eigenvalue weighted by atomic mass is 16.5. The molecule has 2 amide bonds. The summed E-state index contributed by atoms with van der Waals surface area (Å²) in [5.41, 5.74) is 6.28. The number of rotatable bonds is 4. The van der Waals surface area contributed by atoms with Crippen molar-refractivity contribution in [1.29, 1.82) is 0 Å². The number of hydrogen-bond acceptors (Lipinski definition) is 5. The average molecular weight is 262 g/mol. The molecule has 1 aliphatic heterocycles. The Morgan fingerprint density at radius 1 is 1.32 bits per heavy atom. The Hall–Kier alpha value is -2.21. The van der Waals surface area contributed by atoms with Crippen molar-refractivity contribution < 1.29 is 19.1 Å². The fourth-order valence-electron chi connectivity index (χ4n) is 1.79. The Labute approximate surface area is 110 Å². The van der Waals surface area contributed by atoms with Gasteiger partial charge in [-0.1, -0.05) is 30.3 Å². The van der Waals surface area contributed by atoms with Crippen LogP contribution in [-0.4, -0.2) is 35.3 Å². The second kappa shape index (κ2) is 5.62. The van der Waals surface area contributed by atoms with Crippen LogP contribution in [0.15, 0.2) is 30.3 Å². The van der Waals surface area contributed by atoms with Crippen molar-refractivity contribution in [2.24, 2.45) is 5.73 Å². The fourth-order valence-corrected chi connectivity index (χ4v) is 1.79. The molecule has 0 saturated carbocycles. The summed E-state index contributed by atoms with van der Waals surface area (Å²) in [7, 11) is 0. The summed E-state index contributed by atoms with van der Waals surface area (Å²) in [6.45, 7) is -0.264. The zero-order chi connectivity index (χ0) is 13.8. The van der Waals surface area contributed by atoms with Crippen molar-refractivity contribution >= 4 is 17.8 Å². The molecule has 0 aromatic heterocycles. The number of hydrogen-bond donors (Lipinski definition) is 1. The molecule has 2 rings (SSSR count). The molecular weight excluding hydrogens is 248 g/mol. The Kier molecular flexibility index (Phi) is 3.91. The smallest absolute Gasteiger partial charge is 0.326 e. The number of nitrogens with zero attached hydrogens (tertiary/aromatic N) is 1. The van der Waals surface area contributed by atoms with Crippen LogP contribution in [0, 0.1) is 0 Å². The highest BCUT2D eigenvalue weighted by Crippen LogP contribution is 2.11. The van der Waals surface area contributed by atoms with Crippen molar-refractivity contribution in [1.82, 2.24) is 4.90 Å². The molecule has 1 heterocycles. The van der Waals surface area contributed by atoms with Crippen LogP contribution in [0.5, 0.6) is 0 Å². The molecule has 0 radical (unpaired) electrons. The van der Waals surface area contributed by atoms with Crippen molar-refractivity contribution in [3.8, 4) is 0 Å². The lowest BCUT2D eigenvalue weighted by Crippen LogP contribution is -2.39. The van der Waals surface area contributed by atoms with Gasteiger partial charge in [0.2, 0.25) is 11.8 Å². The van der Waals surface area contributed by atoms with Crippen LogP contribution in [-0.2, 0) is 25.7 Å². The highest BCUT2D eigenvalue weighted by molar-refractivity contribution is 6.07. The van der Waals surface area contributed by atoms with E-state index in [1.165, 1.54) is 0 Å². The van der Waals surface area contributed by atoms with E-state index in [0.29, 0.717) is 0 Å². The van der Waals surface area contributed by atoms with Gasteiger partial charge in [0, 0.05) is 0 Å². The largest absolute Gasteiger partial charge is 0.459 e. The SMILES string of the molecule is N[C@H]1CC(=O)N(CC(=O)OCc2ccccc2)C1=O. The molecule has 2 N–H and O–H groups in total. The van der Waals surface area contributed by atoms with Crippen LogP contribution in [0.1, 0.15) is 12.0 Å². The Morgan fingerprint density at radius 3 is 2.58 bits per heavy atom. The zero-order valence-corrected chi connectivity index (χ0v) is 10.2. The van der Waals surface area contributed by atoms with Gasteiger partial charge in [0.15, 0.2) is 0 Å². The lowest BCUT2D eigenvalue weighted by Gasteiger charge is -2.13. The van der Waals surface area contributed by atoms with Crippen LogP contribution in [0.25, 0.3) is 0 Å². The summed E-state index contributed by atoms with van der Waals surface area (Å²) >= 11 is 0. The second-order valence-corrected chi connectivity index (χ2v) is 4.28. The molecule has 1 saturated heterocycles. The highest BCUT2D eigenvalue weighted by Gasteiger charge is 2.37. The van der Waals surface area contributed by atoms with E-state index >= 15 is 0 Å². The first-order chi connectivity index (χ1) is 9.08. The molecule has 19 heavy (non-hydrogen) atoms. The molecule has 6 nitrogen and oxygen atoms in total. The Balaban J connectivity index is 1.85. The molecule has 1 fully saturated rings. The van der Waals surface area contributed by atoms with E-state index in [4.69, 9.17) is 10.5 Å². The van der Waals surface area contributed by atoms with E-state index in [1.54, 1.807) is 0 Å². The fraction of sp³-hybridized carbons (Fsp3) is 0.308. The quantitative estimate of drug-likeness (QED) is 0.600. The summed E-state index contributed by atoms with van der Waals surface area (Å²) in [6, 6.07) is 8.30. The first-order valence-electron chi connectivity index (χ1n) is 5.87. The van der Waals surface area contributed by atoms with Crippen LogP contribution in [0.3, 0.4) is 0 Å². The van der Waals surface area contributed by atoms with Gasteiger partial charge in [0.1, 0.15) is 13.2 Å². The number of ether oxygens (including phenoxy) is 1. The van der Waals surface area contributed by atoms with Gasteiger partial charge in [-0.05, 0) is 5.56 Å². The van der Waals surface area contributed by atoms with Crippen LogP contribution < -0.4 is 5.73 Å². The molecule has 0 bridgehead atoms. The number of benzene rings is 1. The predicted octanol–water partition coefficient (Wildman–Crippen LogP) is -0.184. The maximum atomic E-state index is 11.6. The van der Waals surface area contributed by atoms with Gasteiger partial charge in [-0.25, -0.2) is 0 Å². The van der Waals surface area contributed by atoms with Crippen molar-refractivity contribution in [3.05, 3.63) is 35.9 Å². The normalized spacial score (nSPS) is 18.8. The third-order valence-corrected chi connectivity index (χ3v) is 2.81. The average Bonchev–Trinajstić information content (AvgIpc) is 2.64. The maximum Gasteiger partial charge on any atom is 0.326 e. The molecule has 1 atom stereocenters. The van der Waals surface area contributed by atoms with Gasteiger partial charge in [0.25, 0.3) is 0 Å². The molecular formula is C13H14N2O4. The van der Waals surface area contributed by atoms with Crippen LogP contribution in [0.4, 0.5) is 0 Å². The predicted molar refractivity (Wildman–Crippen MR) is 65.6 cm³/mol. The zero-order valence-electron chi connectivity index (χ0n) is 10.2. The number of esters is 1. The number of carbonyl (C=O) groups excluding carboxylic acids is 3. The van der Waals surface area contributed by atoms with Gasteiger partial charge in [-0.15, -0.1) is 0 Å². The molecule has 0 spiro atoms. The second-order valence-electron chi connectivity index (χ2n) is 4.28. The van der Waals surface area contributed by atoms with Crippen LogP contribution >= 0.6 is 0 Å². The van der Waals surface area contributed by atoms with Gasteiger partial charge >= 0.3 is 5.97 Å². The summed E-state index contributed by atoms with van der Waals surface area (Å²) in [6.07, 6.45) is -0.0508. The van der Waals surface area contributed by atoms with E-state index in [-0.39, 0.29) is 19.6 Å². The summed E-state index contributed by atoms with van der Waals surface area (Å²) < 4.78 is 5.00. The lowest BCUT2D eigenvalue weighted by atomic mass is 10.2. The van der Waals surface area contributed by atoms with Crippen molar-refractivity contribution in [3.63, 3.8) is 0 Å². The molecule has 6 heteroatoms. The Morgan fingerprint density at radius 2 is 2.00 bits per heavy atom. The summed E-state index contributed by atoms with van der Waals surface area (Å²) in [5.74, 6) is -1.59. The van der Waals surface area contributed by atoms with E-state index in [2.05, 4.69) is 0 Å². The molecule has 0 aliphatic carbocycles. The monoisotopic (exact) mass is 262 g/mol. The van der Waals surface area contributed by atoms with Crippen molar-refractivity contribution in [2.75, 3.05) is 6.54 Å². The maximum absolute atomic E-state index is 11.6. The topological polar surface area (TPSA) is 89.7 Å². The molecule has 1 aliphatic rings. The lowest BCUT2D eigenvalue weighted by molar-refractivity contribution is -0.153. The van der Waals surface area contributed by atoms with Crippen LogP contribution in [0.2, 0.25) is 0 Å². The van der Waals surface area contributed by atoms with E-state index in [0.717, 1.165) is 10.5 Å². The van der Waals surface area contributed by atoms with Gasteiger partial charge in [-0.2, -0.15) is 0 Å². The van der Waals surface area contributed by atoms with E-state index in [1.807, 2.05) is 30.3 Å². The molecule has 0 unspecified atom stereocenters. The molecule has 1 aromatic carbocycles. The molecule has 1 aromatic rings. The standard InChI is InChI=1S/C13H14N2O4/c14-10-6-11(16)15(13(10)18)7-12(17)19-8-9-4-2-1-3-5-9/h1-5,10H,6-8,14H2/t10-/m0/s1. The van der Waals surface area contributed by atoms with Gasteiger partial charge < -0.3 is 10.5 Å². The number of carbonyl (C=O) groups is 3. The number of imide groups is 1. The number of nitrogens with two attached hydrogens (primary N) is 1. The third-order valence-electron chi connectivity index (χ3n) is 2.81. The third kappa shape index (κ3) is 3.17. The van der Waals surface area contributed by atoms with Crippen molar-refractivity contribution in [2.45, 2.75) is 19.1 Å². The number of amides is 2. The summed E-state index contributed by atoms with van der Waals surface area (Å²) in [5, 5.41) is 0. The first-order valence-corrected chi connectivity index (χ1v) is 5.87. The minimum Gasteiger partial charge on any atom is -0.459 e. The number of likely N-dealkylation sites (tertiary alicyclic amines) is 1. The van der Waals surface area contributed by atoms with E-state index < -0.39 is 23.8 Å². The van der Waals surface area contributed by atoms with Gasteiger partial charge in [0.05, 0.1) is 12.5 Å². The molecule has 100 valence electrons. The van der Waals surface area contributed by atoms with E-state index in [9.17, 15) is 14.4 Å². The minimum atomic E-state index is -0.838. The first kappa shape index (κ1) is 13.2. The summed E-state index contributed by atoms with van der Waals surface area (Å²) in [4.78, 5) is 35.3. The minimum absolute atomic E-state index is 0.0508.